The van der Waals surface area contributed by atoms with E-state index < -0.39 is 0 Å². The van der Waals surface area contributed by atoms with Crippen molar-refractivity contribution >= 4 is 29.9 Å². The topological polar surface area (TPSA) is 64.1 Å². The Balaban J connectivity index is 0.00000364. The van der Waals surface area contributed by atoms with Crippen molar-refractivity contribution in [3.8, 4) is 17.2 Å². The molecule has 2 N–H and O–H groups in total. The van der Waals surface area contributed by atoms with Gasteiger partial charge in [-0.1, -0.05) is 30.3 Å². The van der Waals surface area contributed by atoms with Gasteiger partial charge in [-0.05, 0) is 18.6 Å². The summed E-state index contributed by atoms with van der Waals surface area (Å²) in [5.41, 5.74) is 2.11. The third-order valence-corrected chi connectivity index (χ3v) is 3.84. The zero-order chi connectivity index (χ0) is 18.8. The van der Waals surface area contributed by atoms with Crippen molar-refractivity contribution in [2.24, 2.45) is 4.99 Å². The molecule has 0 aromatic heterocycles. The van der Waals surface area contributed by atoms with E-state index in [1.807, 2.05) is 37.3 Å². The number of nitrogens with one attached hydrogen (secondary N) is 2. The van der Waals surface area contributed by atoms with Crippen molar-refractivity contribution in [2.45, 2.75) is 20.0 Å². The highest BCUT2D eigenvalue weighted by molar-refractivity contribution is 14.0. The number of methoxy groups -OCH3 is 3. The number of ether oxygens (including phenoxy) is 3. The largest absolute Gasteiger partial charge is 0.496 e. The average molecular weight is 485 g/mol. The lowest BCUT2D eigenvalue weighted by Gasteiger charge is -2.16. The maximum atomic E-state index is 5.47. The van der Waals surface area contributed by atoms with E-state index in [2.05, 4.69) is 27.8 Å². The molecule has 7 heteroatoms. The molecule has 0 aliphatic carbocycles. The van der Waals surface area contributed by atoms with Crippen LogP contribution in [0.4, 0.5) is 0 Å². The number of nitrogens with zero attached hydrogens (tertiary/aromatic N) is 1. The lowest BCUT2D eigenvalue weighted by molar-refractivity contribution is 0.347. The van der Waals surface area contributed by atoms with Gasteiger partial charge in [0.05, 0.1) is 27.9 Å². The van der Waals surface area contributed by atoms with Crippen LogP contribution in [0.2, 0.25) is 0 Å². The van der Waals surface area contributed by atoms with Gasteiger partial charge in [0, 0.05) is 24.7 Å². The molecule has 0 heterocycles. The molecule has 148 valence electrons. The number of guanidine groups is 1. The molecule has 0 amide bonds. The molecule has 0 bridgehead atoms. The molecule has 0 spiro atoms. The smallest absolute Gasteiger partial charge is 0.191 e. The van der Waals surface area contributed by atoms with Crippen LogP contribution in [-0.2, 0) is 13.1 Å². The standard InChI is InChI=1S/C20H27N3O3.HI/c1-5-21-20(22-13-15-9-7-6-8-10-15)23-14-16-11-18(25-3)19(26-4)12-17(16)24-2;/h6-12H,5,13-14H2,1-4H3,(H2,21,22,23);1H. The summed E-state index contributed by atoms with van der Waals surface area (Å²) < 4.78 is 16.2. The molecule has 0 saturated heterocycles. The first-order chi connectivity index (χ1) is 12.7. The quantitative estimate of drug-likeness (QED) is 0.340. The Bertz CT molecular complexity index is 724. The molecule has 6 nitrogen and oxygen atoms in total. The number of aliphatic imine (C=N–C) groups is 1. The van der Waals surface area contributed by atoms with Gasteiger partial charge in [-0.15, -0.1) is 24.0 Å². The van der Waals surface area contributed by atoms with Crippen molar-refractivity contribution in [1.82, 2.24) is 10.6 Å². The molecular weight excluding hydrogens is 457 g/mol. The van der Waals surface area contributed by atoms with E-state index in [1.165, 1.54) is 0 Å². The summed E-state index contributed by atoms with van der Waals surface area (Å²) in [7, 11) is 4.86. The Morgan fingerprint density at radius 3 is 2.11 bits per heavy atom. The Morgan fingerprint density at radius 2 is 1.52 bits per heavy atom. The summed E-state index contributed by atoms with van der Waals surface area (Å²) in [5, 5.41) is 6.59. The normalized spacial score (nSPS) is 10.6. The summed E-state index contributed by atoms with van der Waals surface area (Å²) >= 11 is 0. The van der Waals surface area contributed by atoms with E-state index in [9.17, 15) is 0 Å². The fourth-order valence-electron chi connectivity index (χ4n) is 2.51. The molecule has 0 saturated carbocycles. The zero-order valence-corrected chi connectivity index (χ0v) is 18.6. The van der Waals surface area contributed by atoms with Crippen molar-refractivity contribution in [2.75, 3.05) is 27.9 Å². The number of rotatable bonds is 8. The van der Waals surface area contributed by atoms with Gasteiger partial charge in [0.25, 0.3) is 0 Å². The molecule has 0 radical (unpaired) electrons. The van der Waals surface area contributed by atoms with Crippen LogP contribution in [0.3, 0.4) is 0 Å². The Morgan fingerprint density at radius 1 is 0.889 bits per heavy atom. The maximum Gasteiger partial charge on any atom is 0.191 e. The van der Waals surface area contributed by atoms with E-state index in [4.69, 9.17) is 14.2 Å². The second-order valence-corrected chi connectivity index (χ2v) is 5.55. The van der Waals surface area contributed by atoms with Crippen LogP contribution in [0.1, 0.15) is 18.1 Å². The number of halogens is 1. The minimum atomic E-state index is 0. The van der Waals surface area contributed by atoms with Crippen molar-refractivity contribution in [3.05, 3.63) is 53.6 Å². The predicted octanol–water partition coefficient (Wildman–Crippen LogP) is 3.59. The summed E-state index contributed by atoms with van der Waals surface area (Å²) in [6.45, 7) is 3.98. The lowest BCUT2D eigenvalue weighted by atomic mass is 10.1. The molecule has 2 aromatic rings. The van der Waals surface area contributed by atoms with Gasteiger partial charge in [0.15, 0.2) is 17.5 Å². The van der Waals surface area contributed by atoms with Gasteiger partial charge in [-0.25, -0.2) is 4.99 Å². The van der Waals surface area contributed by atoms with Crippen molar-refractivity contribution in [1.29, 1.82) is 0 Å². The molecule has 0 fully saturated rings. The first-order valence-corrected chi connectivity index (χ1v) is 8.56. The second kappa shape index (κ2) is 12.3. The van der Waals surface area contributed by atoms with Gasteiger partial charge in [-0.2, -0.15) is 0 Å². The van der Waals surface area contributed by atoms with Crippen LogP contribution in [0, 0.1) is 0 Å². The van der Waals surface area contributed by atoms with E-state index in [-0.39, 0.29) is 24.0 Å². The molecule has 2 rings (SSSR count). The Hall–Kier alpha value is -2.16. The van der Waals surface area contributed by atoms with Crippen LogP contribution in [0.15, 0.2) is 47.5 Å². The molecule has 0 atom stereocenters. The van der Waals surface area contributed by atoms with E-state index in [0.717, 1.165) is 29.4 Å². The summed E-state index contributed by atoms with van der Waals surface area (Å²) in [6.07, 6.45) is 0. The minimum Gasteiger partial charge on any atom is -0.496 e. The first-order valence-electron chi connectivity index (χ1n) is 8.56. The van der Waals surface area contributed by atoms with Gasteiger partial charge >= 0.3 is 0 Å². The number of hydrogen-bond donors (Lipinski definition) is 2. The molecule has 2 aromatic carbocycles. The summed E-state index contributed by atoms with van der Waals surface area (Å²) in [6, 6.07) is 13.9. The molecular formula is C20H28IN3O3. The minimum absolute atomic E-state index is 0. The molecule has 0 aliphatic heterocycles. The fourth-order valence-corrected chi connectivity index (χ4v) is 2.51. The van der Waals surface area contributed by atoms with Crippen LogP contribution in [0.5, 0.6) is 17.2 Å². The molecule has 0 unspecified atom stereocenters. The fraction of sp³-hybridized carbons (Fsp3) is 0.350. The van der Waals surface area contributed by atoms with Gasteiger partial charge in [0.2, 0.25) is 0 Å². The van der Waals surface area contributed by atoms with Crippen molar-refractivity contribution < 1.29 is 14.2 Å². The van der Waals surface area contributed by atoms with Gasteiger partial charge in [-0.3, -0.25) is 0 Å². The summed E-state index contributed by atoms with van der Waals surface area (Å²) in [5.74, 6) is 2.77. The predicted molar refractivity (Wildman–Crippen MR) is 120 cm³/mol. The van der Waals surface area contributed by atoms with Crippen LogP contribution in [0.25, 0.3) is 0 Å². The molecule has 0 aliphatic rings. The van der Waals surface area contributed by atoms with Gasteiger partial charge < -0.3 is 24.8 Å². The SMILES string of the molecule is CCNC(=NCc1ccccc1)NCc1cc(OC)c(OC)cc1OC.I. The van der Waals surface area contributed by atoms with Gasteiger partial charge in [0.1, 0.15) is 5.75 Å². The monoisotopic (exact) mass is 485 g/mol. The highest BCUT2D eigenvalue weighted by Crippen LogP contribution is 2.34. The van der Waals surface area contributed by atoms with Crippen molar-refractivity contribution in [3.63, 3.8) is 0 Å². The van der Waals surface area contributed by atoms with E-state index >= 15 is 0 Å². The van der Waals surface area contributed by atoms with Crippen LogP contribution in [-0.4, -0.2) is 33.8 Å². The highest BCUT2D eigenvalue weighted by atomic mass is 127. The maximum absolute atomic E-state index is 5.47. The van der Waals surface area contributed by atoms with Crippen LogP contribution < -0.4 is 24.8 Å². The Labute approximate surface area is 178 Å². The van der Waals surface area contributed by atoms with E-state index in [0.29, 0.717) is 24.6 Å². The van der Waals surface area contributed by atoms with Crippen LogP contribution >= 0.6 is 24.0 Å². The zero-order valence-electron chi connectivity index (χ0n) is 16.2. The third-order valence-electron chi connectivity index (χ3n) is 3.84. The lowest BCUT2D eigenvalue weighted by Crippen LogP contribution is -2.36. The third kappa shape index (κ3) is 6.82. The molecule has 27 heavy (non-hydrogen) atoms. The second-order valence-electron chi connectivity index (χ2n) is 5.55. The average Bonchev–Trinajstić information content (AvgIpc) is 2.70. The number of hydrogen-bond acceptors (Lipinski definition) is 4. The highest BCUT2D eigenvalue weighted by Gasteiger charge is 2.12. The number of benzene rings is 2. The first kappa shape index (κ1) is 22.9. The van der Waals surface area contributed by atoms with E-state index in [1.54, 1.807) is 21.3 Å². The summed E-state index contributed by atoms with van der Waals surface area (Å²) in [4.78, 5) is 4.63. The Kier molecular flexibility index (Phi) is 10.4.